The molecule has 0 aliphatic carbocycles. The van der Waals surface area contributed by atoms with Crippen LogP contribution in [0.25, 0.3) is 0 Å². The molecule has 1 amide bonds. The number of pyridine rings is 1. The molecule has 106 valence electrons. The second-order valence-corrected chi connectivity index (χ2v) is 5.27. The van der Waals surface area contributed by atoms with Crippen LogP contribution in [-0.2, 0) is 0 Å². The van der Waals surface area contributed by atoms with Gasteiger partial charge in [0.05, 0.1) is 18.2 Å². The van der Waals surface area contributed by atoms with Crippen molar-refractivity contribution in [1.82, 2.24) is 10.3 Å². The van der Waals surface area contributed by atoms with Crippen molar-refractivity contribution in [3.05, 3.63) is 45.8 Å². The van der Waals surface area contributed by atoms with Gasteiger partial charge in [-0.25, -0.2) is 4.98 Å². The molecular weight excluding hydrogens is 274 g/mol. The molecule has 0 saturated heterocycles. The van der Waals surface area contributed by atoms with E-state index < -0.39 is 6.04 Å². The third kappa shape index (κ3) is 2.97. The number of aliphatic hydroxyl groups is 1. The number of rotatable bonds is 5. The summed E-state index contributed by atoms with van der Waals surface area (Å²) >= 11 is 1.52. The van der Waals surface area contributed by atoms with Crippen molar-refractivity contribution >= 4 is 23.1 Å². The Balaban J connectivity index is 2.20. The number of anilines is 1. The summed E-state index contributed by atoms with van der Waals surface area (Å²) in [5.41, 5.74) is 1.53. The molecule has 3 N–H and O–H groups in total. The van der Waals surface area contributed by atoms with Gasteiger partial charge in [-0.2, -0.15) is 0 Å². The molecule has 5 nitrogen and oxygen atoms in total. The number of hydrogen-bond acceptors (Lipinski definition) is 5. The van der Waals surface area contributed by atoms with Crippen LogP contribution in [0.3, 0.4) is 0 Å². The third-order valence-electron chi connectivity index (χ3n) is 3.00. The molecule has 0 spiro atoms. The van der Waals surface area contributed by atoms with Gasteiger partial charge in [-0.1, -0.05) is 0 Å². The fourth-order valence-corrected chi connectivity index (χ4v) is 2.93. The number of thiophene rings is 1. The number of nitrogens with one attached hydrogen (secondary N) is 2. The molecule has 6 heteroatoms. The first kappa shape index (κ1) is 14.5. The maximum atomic E-state index is 12.3. The van der Waals surface area contributed by atoms with E-state index in [9.17, 15) is 9.90 Å². The third-order valence-corrected chi connectivity index (χ3v) is 4.13. The van der Waals surface area contributed by atoms with E-state index >= 15 is 0 Å². The van der Waals surface area contributed by atoms with Crippen molar-refractivity contribution in [2.75, 3.05) is 19.0 Å². The van der Waals surface area contributed by atoms with Crippen molar-refractivity contribution < 1.29 is 9.90 Å². The normalized spacial score (nSPS) is 11.9. The van der Waals surface area contributed by atoms with Crippen molar-refractivity contribution in [2.45, 2.75) is 13.0 Å². The molecule has 1 atom stereocenters. The van der Waals surface area contributed by atoms with Crippen LogP contribution in [0.1, 0.15) is 26.8 Å². The number of aliphatic hydroxyl groups excluding tert-OH is 1. The summed E-state index contributed by atoms with van der Waals surface area (Å²) < 4.78 is 0. The monoisotopic (exact) mass is 291 g/mol. The molecule has 0 aliphatic rings. The predicted octanol–water partition coefficient (Wildman–Crippen LogP) is 1.96. The summed E-state index contributed by atoms with van der Waals surface area (Å²) in [7, 11) is 1.71. The lowest BCUT2D eigenvalue weighted by molar-refractivity contribution is 0.0918. The highest BCUT2D eigenvalue weighted by atomic mass is 32.1. The standard InChI is InChI=1S/C14H17N3O2S/c1-9-5-7-20-12(9)11(8-18)17-14(19)10-4-3-6-16-13(10)15-2/h3-7,11,18H,8H2,1-2H3,(H,15,16)(H,17,19). The van der Waals surface area contributed by atoms with Crippen LogP contribution < -0.4 is 10.6 Å². The highest BCUT2D eigenvalue weighted by Gasteiger charge is 2.19. The minimum Gasteiger partial charge on any atom is -0.394 e. The first-order valence-electron chi connectivity index (χ1n) is 6.25. The highest BCUT2D eigenvalue weighted by molar-refractivity contribution is 7.10. The molecule has 0 aliphatic heterocycles. The summed E-state index contributed by atoms with van der Waals surface area (Å²) in [6.07, 6.45) is 1.62. The lowest BCUT2D eigenvalue weighted by Crippen LogP contribution is -2.31. The van der Waals surface area contributed by atoms with Gasteiger partial charge in [0.1, 0.15) is 5.82 Å². The van der Waals surface area contributed by atoms with Crippen LogP contribution in [0.2, 0.25) is 0 Å². The van der Waals surface area contributed by atoms with E-state index in [-0.39, 0.29) is 12.5 Å². The molecule has 2 heterocycles. The van der Waals surface area contributed by atoms with E-state index in [2.05, 4.69) is 15.6 Å². The van der Waals surface area contributed by atoms with Gasteiger partial charge in [0, 0.05) is 18.1 Å². The molecule has 20 heavy (non-hydrogen) atoms. The lowest BCUT2D eigenvalue weighted by atomic mass is 10.1. The van der Waals surface area contributed by atoms with Gasteiger partial charge < -0.3 is 15.7 Å². The van der Waals surface area contributed by atoms with E-state index in [1.165, 1.54) is 11.3 Å². The molecule has 1 unspecified atom stereocenters. The summed E-state index contributed by atoms with van der Waals surface area (Å²) in [6, 6.07) is 4.98. The molecule has 0 saturated carbocycles. The molecular formula is C14H17N3O2S. The van der Waals surface area contributed by atoms with E-state index in [0.717, 1.165) is 10.4 Å². The van der Waals surface area contributed by atoms with Gasteiger partial charge in [0.25, 0.3) is 5.91 Å². The van der Waals surface area contributed by atoms with Crippen molar-refractivity contribution in [3.63, 3.8) is 0 Å². The van der Waals surface area contributed by atoms with Crippen LogP contribution >= 0.6 is 11.3 Å². The molecule has 2 aromatic heterocycles. The van der Waals surface area contributed by atoms with E-state index in [0.29, 0.717) is 11.4 Å². The molecule has 0 aromatic carbocycles. The summed E-state index contributed by atoms with van der Waals surface area (Å²) in [5, 5.41) is 17.2. The molecule has 0 fully saturated rings. The molecule has 2 aromatic rings. The smallest absolute Gasteiger partial charge is 0.255 e. The van der Waals surface area contributed by atoms with Crippen molar-refractivity contribution in [2.24, 2.45) is 0 Å². The quantitative estimate of drug-likeness (QED) is 0.787. The average molecular weight is 291 g/mol. The molecule has 2 rings (SSSR count). The summed E-state index contributed by atoms with van der Waals surface area (Å²) in [5.74, 6) is 0.263. The lowest BCUT2D eigenvalue weighted by Gasteiger charge is -2.17. The number of aryl methyl sites for hydroxylation is 1. The van der Waals surface area contributed by atoms with E-state index in [4.69, 9.17) is 0 Å². The first-order valence-corrected chi connectivity index (χ1v) is 7.13. The van der Waals surface area contributed by atoms with Crippen molar-refractivity contribution in [1.29, 1.82) is 0 Å². The number of carbonyl (C=O) groups excluding carboxylic acids is 1. The zero-order valence-corrected chi connectivity index (χ0v) is 12.2. The number of nitrogens with zero attached hydrogens (tertiary/aromatic N) is 1. The van der Waals surface area contributed by atoms with Crippen LogP contribution in [0.5, 0.6) is 0 Å². The second kappa shape index (κ2) is 6.49. The Kier molecular flexibility index (Phi) is 4.70. The molecule has 0 bridgehead atoms. The Labute approximate surface area is 121 Å². The average Bonchev–Trinajstić information content (AvgIpc) is 2.90. The minimum absolute atomic E-state index is 0.137. The number of aromatic nitrogens is 1. The number of amides is 1. The van der Waals surface area contributed by atoms with E-state index in [1.54, 1.807) is 25.4 Å². The van der Waals surface area contributed by atoms with Gasteiger partial charge in [-0.05, 0) is 36.1 Å². The summed E-state index contributed by atoms with van der Waals surface area (Å²) in [4.78, 5) is 17.4. The van der Waals surface area contributed by atoms with Crippen molar-refractivity contribution in [3.8, 4) is 0 Å². The minimum atomic E-state index is -0.396. The summed E-state index contributed by atoms with van der Waals surface area (Å²) in [6.45, 7) is 1.83. The zero-order valence-electron chi connectivity index (χ0n) is 11.4. The predicted molar refractivity (Wildman–Crippen MR) is 80.1 cm³/mol. The number of hydrogen-bond donors (Lipinski definition) is 3. The Morgan fingerprint density at radius 3 is 2.90 bits per heavy atom. The topological polar surface area (TPSA) is 74.2 Å². The Morgan fingerprint density at radius 1 is 1.50 bits per heavy atom. The van der Waals surface area contributed by atoms with Crippen LogP contribution in [0.15, 0.2) is 29.8 Å². The highest BCUT2D eigenvalue weighted by Crippen LogP contribution is 2.24. The second-order valence-electron chi connectivity index (χ2n) is 4.33. The largest absolute Gasteiger partial charge is 0.394 e. The van der Waals surface area contributed by atoms with Gasteiger partial charge in [-0.3, -0.25) is 4.79 Å². The Morgan fingerprint density at radius 2 is 2.30 bits per heavy atom. The van der Waals surface area contributed by atoms with Gasteiger partial charge >= 0.3 is 0 Å². The Hall–Kier alpha value is -1.92. The zero-order chi connectivity index (χ0) is 14.5. The maximum Gasteiger partial charge on any atom is 0.255 e. The van der Waals surface area contributed by atoms with Gasteiger partial charge in [0.15, 0.2) is 0 Å². The van der Waals surface area contributed by atoms with Crippen LogP contribution in [-0.4, -0.2) is 29.7 Å². The number of carbonyl (C=O) groups is 1. The SMILES string of the molecule is CNc1ncccc1C(=O)NC(CO)c1sccc1C. The van der Waals surface area contributed by atoms with Gasteiger partial charge in [-0.15, -0.1) is 11.3 Å². The van der Waals surface area contributed by atoms with Crippen LogP contribution in [0, 0.1) is 6.92 Å². The first-order chi connectivity index (χ1) is 9.67. The Bertz CT molecular complexity index is 598. The maximum absolute atomic E-state index is 12.3. The van der Waals surface area contributed by atoms with Gasteiger partial charge in [0.2, 0.25) is 0 Å². The fourth-order valence-electron chi connectivity index (χ4n) is 1.96. The fraction of sp³-hybridized carbons (Fsp3) is 0.286. The van der Waals surface area contributed by atoms with E-state index in [1.807, 2.05) is 18.4 Å². The molecule has 0 radical (unpaired) electrons. The van der Waals surface area contributed by atoms with Crippen LogP contribution in [0.4, 0.5) is 5.82 Å².